The second-order valence-corrected chi connectivity index (χ2v) is 4.49. The van der Waals surface area contributed by atoms with Crippen LogP contribution in [0, 0.1) is 0 Å². The fourth-order valence-corrected chi connectivity index (χ4v) is 1.94. The van der Waals surface area contributed by atoms with Crippen LogP contribution in [0.1, 0.15) is 26.7 Å². The first-order valence-electron chi connectivity index (χ1n) is 5.68. The van der Waals surface area contributed by atoms with E-state index < -0.39 is 5.97 Å². The predicted octanol–water partition coefficient (Wildman–Crippen LogP) is 1.97. The third kappa shape index (κ3) is 3.10. The molecule has 16 heavy (non-hydrogen) atoms. The van der Waals surface area contributed by atoms with E-state index in [0.717, 1.165) is 26.1 Å². The standard InChI is InChI=1S/C12H20N2O2/c1-4-5-7-14(8-6-13(3)10-14)9-11(2)12(15)16/h6,8-9H,4-5,7,10H2,1-3H3/p+1. The Hall–Kier alpha value is -1.29. The van der Waals surface area contributed by atoms with Crippen LogP contribution in [0.15, 0.2) is 24.2 Å². The summed E-state index contributed by atoms with van der Waals surface area (Å²) in [7, 11) is 2.01. The van der Waals surface area contributed by atoms with E-state index in [9.17, 15) is 4.79 Å². The van der Waals surface area contributed by atoms with Crippen molar-refractivity contribution in [1.82, 2.24) is 4.90 Å². The van der Waals surface area contributed by atoms with Gasteiger partial charge in [0.1, 0.15) is 12.4 Å². The average Bonchev–Trinajstić information content (AvgIpc) is 2.57. The summed E-state index contributed by atoms with van der Waals surface area (Å²) >= 11 is 0. The predicted molar refractivity (Wildman–Crippen MR) is 63.2 cm³/mol. The van der Waals surface area contributed by atoms with Crippen molar-refractivity contribution in [3.05, 3.63) is 24.2 Å². The molecule has 0 amide bonds. The Morgan fingerprint density at radius 3 is 2.75 bits per heavy atom. The second kappa shape index (κ2) is 5.16. The molecule has 0 saturated heterocycles. The van der Waals surface area contributed by atoms with Crippen LogP contribution in [0.3, 0.4) is 0 Å². The Kier molecular flexibility index (Phi) is 4.12. The van der Waals surface area contributed by atoms with Gasteiger partial charge in [-0.1, -0.05) is 13.3 Å². The molecule has 90 valence electrons. The van der Waals surface area contributed by atoms with Crippen molar-refractivity contribution in [3.8, 4) is 0 Å². The number of rotatable bonds is 5. The number of hydrogen-bond acceptors (Lipinski definition) is 2. The van der Waals surface area contributed by atoms with Gasteiger partial charge in [-0.25, -0.2) is 4.79 Å². The van der Waals surface area contributed by atoms with Crippen LogP contribution in [0.25, 0.3) is 0 Å². The number of hydrogen-bond donors (Lipinski definition) is 1. The van der Waals surface area contributed by atoms with Gasteiger partial charge < -0.3 is 10.0 Å². The van der Waals surface area contributed by atoms with Gasteiger partial charge in [0.15, 0.2) is 6.67 Å². The van der Waals surface area contributed by atoms with Crippen LogP contribution in [0.2, 0.25) is 0 Å². The van der Waals surface area contributed by atoms with Crippen molar-refractivity contribution in [2.45, 2.75) is 26.7 Å². The minimum Gasteiger partial charge on any atom is -0.478 e. The van der Waals surface area contributed by atoms with E-state index in [0.29, 0.717) is 10.1 Å². The molecular weight excluding hydrogens is 204 g/mol. The van der Waals surface area contributed by atoms with E-state index in [1.165, 1.54) is 0 Å². The normalized spacial score (nSPS) is 25.2. The Balaban J connectivity index is 2.84. The zero-order valence-electron chi connectivity index (χ0n) is 10.3. The summed E-state index contributed by atoms with van der Waals surface area (Å²) in [6, 6.07) is 0. The van der Waals surface area contributed by atoms with Crippen LogP contribution in [-0.2, 0) is 4.79 Å². The van der Waals surface area contributed by atoms with E-state index in [1.54, 1.807) is 6.92 Å². The zero-order chi connectivity index (χ0) is 12.2. The van der Waals surface area contributed by atoms with Crippen molar-refractivity contribution in [2.75, 3.05) is 20.3 Å². The molecule has 0 aromatic rings. The lowest BCUT2D eigenvalue weighted by molar-refractivity contribution is -0.830. The Bertz CT molecular complexity index is 323. The molecule has 1 N–H and O–H groups in total. The molecule has 0 spiro atoms. The van der Waals surface area contributed by atoms with Crippen molar-refractivity contribution in [1.29, 1.82) is 0 Å². The van der Waals surface area contributed by atoms with Gasteiger partial charge in [-0.2, -0.15) is 0 Å². The lowest BCUT2D eigenvalue weighted by Crippen LogP contribution is -2.40. The van der Waals surface area contributed by atoms with E-state index in [4.69, 9.17) is 5.11 Å². The first-order valence-corrected chi connectivity index (χ1v) is 5.68. The maximum absolute atomic E-state index is 10.9. The largest absolute Gasteiger partial charge is 0.478 e. The molecule has 1 unspecified atom stereocenters. The van der Waals surface area contributed by atoms with Crippen molar-refractivity contribution >= 4 is 5.97 Å². The van der Waals surface area contributed by atoms with Crippen LogP contribution in [0.5, 0.6) is 0 Å². The molecule has 0 aromatic carbocycles. The SMILES string of the molecule is CCCC[N+]1(C=C(C)C(=O)O)C=CN(C)C1. The highest BCUT2D eigenvalue weighted by Gasteiger charge is 2.29. The quantitative estimate of drug-likeness (QED) is 0.574. The number of carbonyl (C=O) groups is 1. The van der Waals surface area contributed by atoms with E-state index in [2.05, 4.69) is 18.0 Å². The lowest BCUT2D eigenvalue weighted by atomic mass is 10.2. The summed E-state index contributed by atoms with van der Waals surface area (Å²) < 4.78 is 0.627. The molecule has 0 radical (unpaired) electrons. The monoisotopic (exact) mass is 225 g/mol. The summed E-state index contributed by atoms with van der Waals surface area (Å²) in [5.74, 6) is -0.836. The van der Waals surface area contributed by atoms with Crippen LogP contribution in [0.4, 0.5) is 0 Å². The number of carboxylic acids is 1. The van der Waals surface area contributed by atoms with E-state index in [1.807, 2.05) is 19.4 Å². The lowest BCUT2D eigenvalue weighted by Gasteiger charge is -2.28. The van der Waals surface area contributed by atoms with Gasteiger partial charge in [0.05, 0.1) is 18.3 Å². The van der Waals surface area contributed by atoms with E-state index in [-0.39, 0.29) is 0 Å². The van der Waals surface area contributed by atoms with Gasteiger partial charge >= 0.3 is 5.97 Å². The molecule has 1 atom stereocenters. The zero-order valence-corrected chi connectivity index (χ0v) is 10.3. The molecule has 4 nitrogen and oxygen atoms in total. The molecule has 0 aliphatic carbocycles. The third-order valence-electron chi connectivity index (χ3n) is 2.82. The van der Waals surface area contributed by atoms with Crippen molar-refractivity contribution in [3.63, 3.8) is 0 Å². The highest BCUT2D eigenvalue weighted by atomic mass is 16.4. The highest BCUT2D eigenvalue weighted by molar-refractivity contribution is 5.85. The van der Waals surface area contributed by atoms with Crippen LogP contribution >= 0.6 is 0 Å². The fraction of sp³-hybridized carbons (Fsp3) is 0.583. The molecule has 1 aliphatic heterocycles. The summed E-state index contributed by atoms with van der Waals surface area (Å²) in [5.41, 5.74) is 0.413. The van der Waals surface area contributed by atoms with Gasteiger partial charge in [0.2, 0.25) is 0 Å². The van der Waals surface area contributed by atoms with E-state index >= 15 is 0 Å². The molecule has 0 saturated carbocycles. The van der Waals surface area contributed by atoms with Crippen molar-refractivity contribution < 1.29 is 14.4 Å². The molecule has 1 aliphatic rings. The summed E-state index contributed by atoms with van der Waals surface area (Å²) in [6.07, 6.45) is 8.15. The molecular formula is C12H21N2O2+. The Morgan fingerprint density at radius 2 is 2.31 bits per heavy atom. The Morgan fingerprint density at radius 1 is 1.62 bits per heavy atom. The summed E-state index contributed by atoms with van der Waals surface area (Å²) in [5, 5.41) is 8.93. The van der Waals surface area contributed by atoms with Gasteiger partial charge in [-0.15, -0.1) is 0 Å². The molecule has 1 heterocycles. The van der Waals surface area contributed by atoms with Gasteiger partial charge in [0, 0.05) is 7.05 Å². The minimum absolute atomic E-state index is 0.413. The highest BCUT2D eigenvalue weighted by Crippen LogP contribution is 2.21. The van der Waals surface area contributed by atoms with Crippen LogP contribution < -0.4 is 0 Å². The average molecular weight is 225 g/mol. The Labute approximate surface area is 97.1 Å². The third-order valence-corrected chi connectivity index (χ3v) is 2.82. The molecule has 4 heteroatoms. The van der Waals surface area contributed by atoms with Crippen molar-refractivity contribution in [2.24, 2.45) is 0 Å². The first kappa shape index (κ1) is 12.8. The smallest absolute Gasteiger partial charge is 0.336 e. The number of carboxylic acid groups (broad SMARTS) is 1. The topological polar surface area (TPSA) is 40.5 Å². The fourth-order valence-electron chi connectivity index (χ4n) is 1.94. The first-order chi connectivity index (χ1) is 7.49. The number of quaternary nitrogens is 1. The molecule has 1 rings (SSSR count). The molecule has 0 bridgehead atoms. The summed E-state index contributed by atoms with van der Waals surface area (Å²) in [6.45, 7) is 5.58. The molecule has 0 aromatic heterocycles. The maximum atomic E-state index is 10.9. The van der Waals surface area contributed by atoms with Gasteiger partial charge in [-0.3, -0.25) is 4.48 Å². The number of unbranched alkanes of at least 4 members (excludes halogenated alkanes) is 1. The molecule has 0 fully saturated rings. The van der Waals surface area contributed by atoms with Gasteiger partial charge in [0.25, 0.3) is 0 Å². The minimum atomic E-state index is -0.836. The second-order valence-electron chi connectivity index (χ2n) is 4.49. The maximum Gasteiger partial charge on any atom is 0.336 e. The summed E-state index contributed by atoms with van der Waals surface area (Å²) in [4.78, 5) is 13.0. The van der Waals surface area contributed by atoms with Gasteiger partial charge in [-0.05, 0) is 13.3 Å². The van der Waals surface area contributed by atoms with Crippen LogP contribution in [-0.4, -0.2) is 40.7 Å². The number of aliphatic carboxylic acids is 1. The number of nitrogens with zero attached hydrogens (tertiary/aromatic N) is 2.